The number of likely N-dealkylation sites (tertiary alicyclic amines) is 1. The fourth-order valence-electron chi connectivity index (χ4n) is 4.59. The molecule has 0 saturated carbocycles. The summed E-state index contributed by atoms with van der Waals surface area (Å²) < 4.78 is 5.75. The number of nitrogens with zero attached hydrogens (tertiary/aromatic N) is 1. The maximum atomic E-state index is 12.7. The predicted octanol–water partition coefficient (Wildman–Crippen LogP) is 4.32. The van der Waals surface area contributed by atoms with Crippen LogP contribution in [0.15, 0.2) is 42.5 Å². The van der Waals surface area contributed by atoms with Crippen molar-refractivity contribution in [2.45, 2.75) is 63.1 Å². The Morgan fingerprint density at radius 3 is 2.24 bits per heavy atom. The number of rotatable bonds is 13. The average Bonchev–Trinajstić information content (AvgIpc) is 3.15. The van der Waals surface area contributed by atoms with E-state index in [9.17, 15) is 24.3 Å². The molecule has 1 heterocycles. The lowest BCUT2D eigenvalue weighted by Gasteiger charge is -2.36. The molecular formula is C27H30Cl2N2O7. The van der Waals surface area contributed by atoms with Gasteiger partial charge in [-0.25, -0.2) is 4.79 Å². The zero-order valence-electron chi connectivity index (χ0n) is 20.9. The van der Waals surface area contributed by atoms with Crippen molar-refractivity contribution in [3.8, 4) is 5.75 Å². The van der Waals surface area contributed by atoms with Crippen LogP contribution in [0.1, 0.15) is 49.7 Å². The molecule has 38 heavy (non-hydrogen) atoms. The van der Waals surface area contributed by atoms with Gasteiger partial charge in [0.25, 0.3) is 0 Å². The van der Waals surface area contributed by atoms with Gasteiger partial charge >= 0.3 is 11.9 Å². The second-order valence-electron chi connectivity index (χ2n) is 9.37. The number of carboxylic acid groups (broad SMARTS) is 2. The number of aliphatic carboxylic acids is 2. The molecule has 204 valence electrons. The van der Waals surface area contributed by atoms with Gasteiger partial charge < -0.3 is 25.2 Å². The van der Waals surface area contributed by atoms with Crippen LogP contribution in [-0.2, 0) is 32.2 Å². The number of ether oxygens (including phenoxy) is 1. The molecule has 1 aliphatic heterocycles. The van der Waals surface area contributed by atoms with E-state index in [1.54, 1.807) is 49.5 Å². The minimum atomic E-state index is -1.18. The predicted molar refractivity (Wildman–Crippen MR) is 141 cm³/mol. The van der Waals surface area contributed by atoms with E-state index in [0.717, 1.165) is 0 Å². The van der Waals surface area contributed by atoms with Gasteiger partial charge in [-0.05, 0) is 49.1 Å². The van der Waals surface area contributed by atoms with Gasteiger partial charge in [-0.3, -0.25) is 14.4 Å². The van der Waals surface area contributed by atoms with Crippen LogP contribution in [0.25, 0.3) is 0 Å². The summed E-state index contributed by atoms with van der Waals surface area (Å²) in [4.78, 5) is 49.2. The number of carbonyl (C=O) groups excluding carboxylic acids is 2. The largest absolute Gasteiger partial charge is 0.489 e. The van der Waals surface area contributed by atoms with Gasteiger partial charge in [-0.15, -0.1) is 0 Å². The van der Waals surface area contributed by atoms with Crippen LogP contribution in [0.3, 0.4) is 0 Å². The van der Waals surface area contributed by atoms with E-state index in [1.807, 2.05) is 0 Å². The Kier molecular flexibility index (Phi) is 9.99. The number of hydrogen-bond acceptors (Lipinski definition) is 5. The molecule has 2 aromatic carbocycles. The van der Waals surface area contributed by atoms with E-state index in [0.29, 0.717) is 39.8 Å². The van der Waals surface area contributed by atoms with Crippen LogP contribution in [0.4, 0.5) is 0 Å². The van der Waals surface area contributed by atoms with E-state index in [2.05, 4.69) is 5.32 Å². The van der Waals surface area contributed by atoms with Gasteiger partial charge in [0.05, 0.1) is 0 Å². The standard InChI is InChI=1S/C27H30Cl2N2O7/c1-31-24(33)10-13-27(31,14-11-25(34)35)12-9-23(32)30-22(26(36)37)15-17-5-7-18(8-6-17)38-16-19-20(28)3-2-4-21(19)29/h2-8,22H,9-16H2,1H3,(H,30,32)(H,34,35)(H,36,37). The van der Waals surface area contributed by atoms with Crippen molar-refractivity contribution in [2.24, 2.45) is 0 Å². The van der Waals surface area contributed by atoms with E-state index in [-0.39, 0.29) is 44.6 Å². The fourth-order valence-corrected chi connectivity index (χ4v) is 5.09. The highest BCUT2D eigenvalue weighted by atomic mass is 35.5. The number of halogens is 2. The van der Waals surface area contributed by atoms with Gasteiger partial charge in [0.2, 0.25) is 11.8 Å². The molecule has 0 aliphatic carbocycles. The molecule has 0 bridgehead atoms. The molecule has 1 aliphatic rings. The van der Waals surface area contributed by atoms with Crippen molar-refractivity contribution in [3.05, 3.63) is 63.6 Å². The minimum absolute atomic E-state index is 0.0294. The number of amides is 2. The molecule has 2 atom stereocenters. The number of carboxylic acids is 2. The Morgan fingerprint density at radius 1 is 1.05 bits per heavy atom. The van der Waals surface area contributed by atoms with Gasteiger partial charge in [0.15, 0.2) is 0 Å². The van der Waals surface area contributed by atoms with Crippen molar-refractivity contribution in [1.29, 1.82) is 0 Å². The molecule has 0 spiro atoms. The monoisotopic (exact) mass is 564 g/mol. The quantitative estimate of drug-likeness (QED) is 0.330. The zero-order chi connectivity index (χ0) is 27.9. The van der Waals surface area contributed by atoms with E-state index < -0.39 is 29.4 Å². The van der Waals surface area contributed by atoms with E-state index in [1.165, 1.54) is 4.90 Å². The Labute approximate surface area is 230 Å². The first-order chi connectivity index (χ1) is 18.0. The Bertz CT molecular complexity index is 1170. The van der Waals surface area contributed by atoms with Crippen molar-refractivity contribution in [2.75, 3.05) is 7.05 Å². The summed E-state index contributed by atoms with van der Waals surface area (Å²) in [6, 6.07) is 10.8. The lowest BCUT2D eigenvalue weighted by Crippen LogP contribution is -2.46. The topological polar surface area (TPSA) is 133 Å². The van der Waals surface area contributed by atoms with Crippen LogP contribution in [0.5, 0.6) is 5.75 Å². The molecular weight excluding hydrogens is 535 g/mol. The average molecular weight is 565 g/mol. The summed E-state index contributed by atoms with van der Waals surface area (Å²) in [7, 11) is 1.62. The molecule has 0 radical (unpaired) electrons. The third-order valence-corrected chi connectivity index (χ3v) is 7.66. The summed E-state index contributed by atoms with van der Waals surface area (Å²) in [6.45, 7) is 0.167. The number of nitrogens with one attached hydrogen (secondary N) is 1. The molecule has 9 nitrogen and oxygen atoms in total. The number of carbonyl (C=O) groups is 4. The summed E-state index contributed by atoms with van der Waals surface area (Å²) in [5.74, 6) is -2.18. The highest BCUT2D eigenvalue weighted by molar-refractivity contribution is 6.35. The van der Waals surface area contributed by atoms with Crippen molar-refractivity contribution in [1.82, 2.24) is 10.2 Å². The van der Waals surface area contributed by atoms with Crippen LogP contribution in [-0.4, -0.2) is 57.5 Å². The molecule has 0 aromatic heterocycles. The maximum absolute atomic E-state index is 12.7. The molecule has 2 unspecified atom stereocenters. The smallest absolute Gasteiger partial charge is 0.326 e. The van der Waals surface area contributed by atoms with Gasteiger partial charge in [0.1, 0.15) is 18.4 Å². The van der Waals surface area contributed by atoms with Crippen LogP contribution in [0.2, 0.25) is 10.0 Å². The first kappa shape index (κ1) is 29.3. The SMILES string of the molecule is CN1C(=O)CCC1(CCC(=O)O)CCC(=O)NC(Cc1ccc(OCc2c(Cl)cccc2Cl)cc1)C(=O)O. The molecule has 11 heteroatoms. The third kappa shape index (κ3) is 7.61. The minimum Gasteiger partial charge on any atom is -0.489 e. The van der Waals surface area contributed by atoms with Crippen LogP contribution >= 0.6 is 23.2 Å². The molecule has 1 fully saturated rings. The number of hydrogen-bond donors (Lipinski definition) is 3. The second kappa shape index (κ2) is 13.0. The Morgan fingerprint density at radius 2 is 1.68 bits per heavy atom. The summed E-state index contributed by atoms with van der Waals surface area (Å²) in [6.07, 6.45) is 1.14. The highest BCUT2D eigenvalue weighted by Gasteiger charge is 2.43. The Hall–Kier alpha value is -3.30. The summed E-state index contributed by atoms with van der Waals surface area (Å²) >= 11 is 12.3. The van der Waals surface area contributed by atoms with Gasteiger partial charge in [-0.2, -0.15) is 0 Å². The third-order valence-electron chi connectivity index (χ3n) is 6.95. The fraction of sp³-hybridized carbons (Fsp3) is 0.407. The highest BCUT2D eigenvalue weighted by Crippen LogP contribution is 2.37. The van der Waals surface area contributed by atoms with E-state index in [4.69, 9.17) is 33.0 Å². The molecule has 1 saturated heterocycles. The van der Waals surface area contributed by atoms with Crippen molar-refractivity contribution in [3.63, 3.8) is 0 Å². The van der Waals surface area contributed by atoms with Gasteiger partial charge in [0, 0.05) is 53.9 Å². The lowest BCUT2D eigenvalue weighted by molar-refractivity contribution is -0.142. The van der Waals surface area contributed by atoms with Crippen molar-refractivity contribution >= 4 is 47.0 Å². The summed E-state index contributed by atoms with van der Waals surface area (Å²) in [5, 5.41) is 22.3. The molecule has 2 amide bonds. The first-order valence-electron chi connectivity index (χ1n) is 12.2. The zero-order valence-corrected chi connectivity index (χ0v) is 22.4. The first-order valence-corrected chi connectivity index (χ1v) is 12.9. The number of benzene rings is 2. The summed E-state index contributed by atoms with van der Waals surface area (Å²) in [5.41, 5.74) is 0.613. The van der Waals surface area contributed by atoms with Crippen LogP contribution in [0, 0.1) is 0 Å². The lowest BCUT2D eigenvalue weighted by atomic mass is 9.85. The molecule has 2 aromatic rings. The second-order valence-corrected chi connectivity index (χ2v) is 10.2. The van der Waals surface area contributed by atoms with Gasteiger partial charge in [-0.1, -0.05) is 41.4 Å². The van der Waals surface area contributed by atoms with Crippen LogP contribution < -0.4 is 10.1 Å². The van der Waals surface area contributed by atoms with Crippen molar-refractivity contribution < 1.29 is 34.1 Å². The molecule has 3 N–H and O–H groups in total. The normalized spacial score (nSPS) is 17.8. The van der Waals surface area contributed by atoms with E-state index >= 15 is 0 Å². The maximum Gasteiger partial charge on any atom is 0.326 e. The Balaban J connectivity index is 1.56. The molecule has 3 rings (SSSR count).